The highest BCUT2D eigenvalue weighted by molar-refractivity contribution is 5.82. The van der Waals surface area contributed by atoms with Gasteiger partial charge in [0.1, 0.15) is 6.04 Å². The standard InChI is InChI=1S/C5H8NO3/c1-3(5(8)9)6-4(2)7/h3H,1H2,2H3,(H,6,7)(H,8,9). The molecule has 2 N–H and O–H groups in total. The van der Waals surface area contributed by atoms with Crippen molar-refractivity contribution in [2.24, 2.45) is 0 Å². The van der Waals surface area contributed by atoms with Crippen molar-refractivity contribution in [1.82, 2.24) is 5.32 Å². The minimum atomic E-state index is -1.13. The Labute approximate surface area is 52.9 Å². The van der Waals surface area contributed by atoms with Crippen molar-refractivity contribution in [2.75, 3.05) is 0 Å². The minimum Gasteiger partial charge on any atom is -0.480 e. The molecule has 0 fully saturated rings. The van der Waals surface area contributed by atoms with Gasteiger partial charge in [0, 0.05) is 6.92 Å². The molecule has 4 nitrogen and oxygen atoms in total. The molecule has 0 spiro atoms. The van der Waals surface area contributed by atoms with Gasteiger partial charge in [-0.3, -0.25) is 4.79 Å². The number of carbonyl (C=O) groups is 2. The zero-order valence-corrected chi connectivity index (χ0v) is 5.05. The lowest BCUT2D eigenvalue weighted by atomic mass is 10.3. The van der Waals surface area contributed by atoms with E-state index < -0.39 is 17.9 Å². The van der Waals surface area contributed by atoms with E-state index >= 15 is 0 Å². The highest BCUT2D eigenvalue weighted by atomic mass is 16.4. The first kappa shape index (κ1) is 7.94. The number of carboxylic acid groups (broad SMARTS) is 1. The highest BCUT2D eigenvalue weighted by Gasteiger charge is 2.09. The molecule has 0 aliphatic heterocycles. The summed E-state index contributed by atoms with van der Waals surface area (Å²) in [5, 5.41) is 10.2. The van der Waals surface area contributed by atoms with Crippen LogP contribution in [-0.4, -0.2) is 23.0 Å². The number of carboxylic acids is 1. The fourth-order valence-electron chi connectivity index (χ4n) is 0.307. The number of amides is 1. The van der Waals surface area contributed by atoms with Crippen molar-refractivity contribution in [3.8, 4) is 0 Å². The number of hydrogen-bond acceptors (Lipinski definition) is 2. The molecule has 0 aliphatic rings. The Kier molecular flexibility index (Phi) is 2.70. The molecule has 0 aromatic rings. The molecular formula is C5H8NO3. The Bertz CT molecular complexity index is 132. The Morgan fingerprint density at radius 1 is 1.67 bits per heavy atom. The topological polar surface area (TPSA) is 66.4 Å². The third-order valence-corrected chi connectivity index (χ3v) is 0.676. The largest absolute Gasteiger partial charge is 0.480 e. The SMILES string of the molecule is [CH2]C(NC(C)=O)C(=O)O. The molecule has 1 amide bonds. The highest BCUT2D eigenvalue weighted by Crippen LogP contribution is 1.77. The zero-order valence-electron chi connectivity index (χ0n) is 5.05. The molecule has 0 saturated heterocycles. The van der Waals surface area contributed by atoms with E-state index in [1.165, 1.54) is 6.92 Å². The monoisotopic (exact) mass is 130 g/mol. The van der Waals surface area contributed by atoms with Crippen LogP contribution in [0.4, 0.5) is 0 Å². The van der Waals surface area contributed by atoms with Gasteiger partial charge < -0.3 is 10.4 Å². The average molecular weight is 130 g/mol. The van der Waals surface area contributed by atoms with Crippen molar-refractivity contribution in [2.45, 2.75) is 13.0 Å². The van der Waals surface area contributed by atoms with Crippen molar-refractivity contribution in [3.05, 3.63) is 6.92 Å². The Morgan fingerprint density at radius 2 is 2.11 bits per heavy atom. The van der Waals surface area contributed by atoms with E-state index in [1.807, 2.05) is 0 Å². The summed E-state index contributed by atoms with van der Waals surface area (Å²) in [5.41, 5.74) is 0. The second-order valence-electron chi connectivity index (χ2n) is 1.59. The summed E-state index contributed by atoms with van der Waals surface area (Å²) < 4.78 is 0. The van der Waals surface area contributed by atoms with E-state index in [0.717, 1.165) is 0 Å². The lowest BCUT2D eigenvalue weighted by Gasteiger charge is -2.04. The van der Waals surface area contributed by atoms with E-state index in [-0.39, 0.29) is 0 Å². The Morgan fingerprint density at radius 3 is 2.22 bits per heavy atom. The van der Waals surface area contributed by atoms with Crippen LogP contribution in [0, 0.1) is 6.92 Å². The van der Waals surface area contributed by atoms with Crippen LogP contribution < -0.4 is 5.32 Å². The predicted octanol–water partition coefficient (Wildman–Crippen LogP) is -0.590. The van der Waals surface area contributed by atoms with Gasteiger partial charge in [0.25, 0.3) is 0 Å². The van der Waals surface area contributed by atoms with E-state index in [0.29, 0.717) is 0 Å². The molecule has 1 unspecified atom stereocenters. The third kappa shape index (κ3) is 3.52. The first-order valence-electron chi connectivity index (χ1n) is 2.37. The van der Waals surface area contributed by atoms with Gasteiger partial charge in [0.05, 0.1) is 0 Å². The molecule has 0 rings (SSSR count). The van der Waals surface area contributed by atoms with Crippen molar-refractivity contribution < 1.29 is 14.7 Å². The number of hydrogen-bond donors (Lipinski definition) is 2. The maximum Gasteiger partial charge on any atom is 0.326 e. The summed E-state index contributed by atoms with van der Waals surface area (Å²) in [5.74, 6) is -1.53. The smallest absolute Gasteiger partial charge is 0.326 e. The van der Waals surface area contributed by atoms with E-state index in [1.54, 1.807) is 0 Å². The van der Waals surface area contributed by atoms with Gasteiger partial charge in [-0.05, 0) is 6.92 Å². The van der Waals surface area contributed by atoms with Crippen LogP contribution in [0.5, 0.6) is 0 Å². The number of nitrogens with one attached hydrogen (secondary N) is 1. The molecule has 51 valence electrons. The molecule has 9 heavy (non-hydrogen) atoms. The average Bonchev–Trinajstić information content (AvgIpc) is 1.63. The van der Waals surface area contributed by atoms with Crippen molar-refractivity contribution in [3.63, 3.8) is 0 Å². The molecule has 1 radical (unpaired) electrons. The quantitative estimate of drug-likeness (QED) is 0.525. The molecule has 0 aromatic carbocycles. The van der Waals surface area contributed by atoms with Crippen LogP contribution in [-0.2, 0) is 9.59 Å². The zero-order chi connectivity index (χ0) is 7.44. The van der Waals surface area contributed by atoms with Gasteiger partial charge in [0.15, 0.2) is 0 Å². The van der Waals surface area contributed by atoms with Gasteiger partial charge >= 0.3 is 5.97 Å². The Balaban J connectivity index is 3.63. The minimum absolute atomic E-state index is 0.391. The van der Waals surface area contributed by atoms with Crippen LogP contribution in [0.1, 0.15) is 6.92 Å². The van der Waals surface area contributed by atoms with Crippen LogP contribution in [0.2, 0.25) is 0 Å². The van der Waals surface area contributed by atoms with Gasteiger partial charge in [-0.25, -0.2) is 4.79 Å². The summed E-state index contributed by atoms with van der Waals surface area (Å²) in [6.07, 6.45) is 0. The number of rotatable bonds is 2. The maximum atomic E-state index is 10.1. The second kappa shape index (κ2) is 3.06. The first-order chi connectivity index (χ1) is 4.04. The molecule has 4 heteroatoms. The molecular weight excluding hydrogens is 122 g/mol. The second-order valence-corrected chi connectivity index (χ2v) is 1.59. The summed E-state index contributed by atoms with van der Waals surface area (Å²) in [6, 6.07) is -1.04. The fraction of sp³-hybridized carbons (Fsp3) is 0.400. The molecule has 0 heterocycles. The first-order valence-corrected chi connectivity index (χ1v) is 2.37. The van der Waals surface area contributed by atoms with Gasteiger partial charge in [-0.2, -0.15) is 0 Å². The normalized spacial score (nSPS) is 12.2. The molecule has 0 aromatic heterocycles. The fourth-order valence-corrected chi connectivity index (χ4v) is 0.307. The Hall–Kier alpha value is -1.06. The third-order valence-electron chi connectivity index (χ3n) is 0.676. The van der Waals surface area contributed by atoms with Crippen LogP contribution >= 0.6 is 0 Å². The molecule has 1 atom stereocenters. The van der Waals surface area contributed by atoms with Crippen LogP contribution in [0.25, 0.3) is 0 Å². The molecule has 0 aliphatic carbocycles. The number of carbonyl (C=O) groups excluding carboxylic acids is 1. The van der Waals surface area contributed by atoms with Gasteiger partial charge in [-0.15, -0.1) is 0 Å². The lowest BCUT2D eigenvalue weighted by Crippen LogP contribution is -2.36. The maximum absolute atomic E-state index is 10.1. The van der Waals surface area contributed by atoms with Crippen LogP contribution in [0.15, 0.2) is 0 Å². The summed E-state index contributed by atoms with van der Waals surface area (Å²) in [4.78, 5) is 20.1. The van der Waals surface area contributed by atoms with Gasteiger partial charge in [0.2, 0.25) is 5.91 Å². The lowest BCUT2D eigenvalue weighted by molar-refractivity contribution is -0.140. The number of aliphatic carboxylic acids is 1. The summed E-state index contributed by atoms with van der Waals surface area (Å²) in [7, 11) is 0. The van der Waals surface area contributed by atoms with Crippen molar-refractivity contribution in [1.29, 1.82) is 0 Å². The van der Waals surface area contributed by atoms with Crippen LogP contribution in [0.3, 0.4) is 0 Å². The van der Waals surface area contributed by atoms with Crippen molar-refractivity contribution >= 4 is 11.9 Å². The summed E-state index contributed by atoms with van der Waals surface area (Å²) >= 11 is 0. The van der Waals surface area contributed by atoms with E-state index in [2.05, 4.69) is 12.2 Å². The van der Waals surface area contributed by atoms with E-state index in [9.17, 15) is 9.59 Å². The predicted molar refractivity (Wildman–Crippen MR) is 30.6 cm³/mol. The molecule has 0 bridgehead atoms. The van der Waals surface area contributed by atoms with Gasteiger partial charge in [-0.1, -0.05) is 0 Å². The summed E-state index contributed by atoms with van der Waals surface area (Å²) in [6.45, 7) is 4.38. The molecule has 0 saturated carbocycles. The van der Waals surface area contributed by atoms with E-state index in [4.69, 9.17) is 5.11 Å².